The maximum Gasteiger partial charge on any atom is 0.340 e. The van der Waals surface area contributed by atoms with Crippen LogP contribution in [0.15, 0.2) is 5.10 Å². The zero-order chi connectivity index (χ0) is 10.8. The van der Waals surface area contributed by atoms with Gasteiger partial charge in [0, 0.05) is 25.7 Å². The number of urea groups is 1. The molecule has 2 unspecified atom stereocenters. The first kappa shape index (κ1) is 10.5. The van der Waals surface area contributed by atoms with Crippen LogP contribution < -0.4 is 0 Å². The van der Waals surface area contributed by atoms with Gasteiger partial charge in [-0.3, -0.25) is 0 Å². The van der Waals surface area contributed by atoms with E-state index in [4.69, 9.17) is 0 Å². The first-order valence-electron chi connectivity index (χ1n) is 5.77. The summed E-state index contributed by atoms with van der Waals surface area (Å²) < 4.78 is 0. The zero-order valence-electron chi connectivity index (χ0n) is 9.52. The number of nitrogens with zero attached hydrogens (tertiary/aromatic N) is 3. The van der Waals surface area contributed by atoms with E-state index in [1.807, 2.05) is 11.1 Å². The Hall–Kier alpha value is -1.06. The molecule has 2 heterocycles. The third kappa shape index (κ3) is 2.13. The van der Waals surface area contributed by atoms with Crippen molar-refractivity contribution in [2.24, 2.45) is 16.9 Å². The molecule has 2 amide bonds. The van der Waals surface area contributed by atoms with Gasteiger partial charge >= 0.3 is 6.03 Å². The highest BCUT2D eigenvalue weighted by molar-refractivity contribution is 5.77. The Balaban J connectivity index is 1.93. The number of carbonyl (C=O) groups is 1. The van der Waals surface area contributed by atoms with Gasteiger partial charge in [-0.05, 0) is 18.3 Å². The lowest BCUT2D eigenvalue weighted by atomic mass is 9.89. The molecule has 0 aromatic heterocycles. The molecule has 0 spiro atoms. The van der Waals surface area contributed by atoms with Crippen LogP contribution in [0.4, 0.5) is 4.79 Å². The van der Waals surface area contributed by atoms with Crippen LogP contribution in [0.25, 0.3) is 0 Å². The van der Waals surface area contributed by atoms with Crippen LogP contribution in [0.1, 0.15) is 26.7 Å². The number of amides is 2. The van der Waals surface area contributed by atoms with Gasteiger partial charge in [0.1, 0.15) is 0 Å². The fourth-order valence-electron chi connectivity index (χ4n) is 2.14. The Labute approximate surface area is 90.9 Å². The van der Waals surface area contributed by atoms with Crippen LogP contribution in [0.3, 0.4) is 0 Å². The Morgan fingerprint density at radius 3 is 2.73 bits per heavy atom. The van der Waals surface area contributed by atoms with E-state index in [1.165, 1.54) is 0 Å². The quantitative estimate of drug-likeness (QED) is 0.599. The molecule has 15 heavy (non-hydrogen) atoms. The van der Waals surface area contributed by atoms with Crippen molar-refractivity contribution in [3.63, 3.8) is 0 Å². The summed E-state index contributed by atoms with van der Waals surface area (Å²) in [5.41, 5.74) is 0. The summed E-state index contributed by atoms with van der Waals surface area (Å²) in [5.74, 6) is 1.34. The van der Waals surface area contributed by atoms with Crippen molar-refractivity contribution in [3.05, 3.63) is 0 Å². The molecule has 2 rings (SSSR count). The lowest BCUT2D eigenvalue weighted by Crippen LogP contribution is -2.46. The number of likely N-dealkylation sites (tertiary alicyclic amines) is 1. The number of hydrogen-bond acceptors (Lipinski definition) is 2. The summed E-state index contributed by atoms with van der Waals surface area (Å²) in [6, 6.07) is 0.0856. The Bertz CT molecular complexity index is 277. The number of rotatable bonds is 0. The standard InChI is InChI=1S/C11H19N3O/c1-9-4-7-13(8-10(9)2)11(15)14-6-3-5-12-14/h5,9-10H,3-4,6-8H2,1-2H3. The summed E-state index contributed by atoms with van der Waals surface area (Å²) >= 11 is 0. The van der Waals surface area contributed by atoms with Gasteiger partial charge in [-0.2, -0.15) is 5.10 Å². The SMILES string of the molecule is CC1CCN(C(=O)N2CCC=N2)CC1C. The van der Waals surface area contributed by atoms with E-state index in [0.717, 1.165) is 38.4 Å². The topological polar surface area (TPSA) is 35.9 Å². The first-order valence-corrected chi connectivity index (χ1v) is 5.77. The molecule has 0 aromatic rings. The largest absolute Gasteiger partial charge is 0.340 e. The van der Waals surface area contributed by atoms with Gasteiger partial charge in [-0.15, -0.1) is 0 Å². The molecule has 0 N–H and O–H groups in total. The second-order valence-corrected chi connectivity index (χ2v) is 4.68. The minimum absolute atomic E-state index is 0.0856. The molecule has 0 bridgehead atoms. The summed E-state index contributed by atoms with van der Waals surface area (Å²) in [6.07, 6.45) is 3.82. The predicted molar refractivity (Wildman–Crippen MR) is 59.7 cm³/mol. The van der Waals surface area contributed by atoms with Gasteiger partial charge in [-0.25, -0.2) is 9.80 Å². The van der Waals surface area contributed by atoms with Gasteiger partial charge in [0.25, 0.3) is 0 Å². The molecule has 4 heteroatoms. The highest BCUT2D eigenvalue weighted by Crippen LogP contribution is 2.23. The van der Waals surface area contributed by atoms with Crippen molar-refractivity contribution in [3.8, 4) is 0 Å². The van der Waals surface area contributed by atoms with Gasteiger partial charge in [-0.1, -0.05) is 13.8 Å². The van der Waals surface area contributed by atoms with Crippen LogP contribution in [0.5, 0.6) is 0 Å². The van der Waals surface area contributed by atoms with Gasteiger partial charge in [0.05, 0.1) is 6.54 Å². The maximum atomic E-state index is 12.0. The zero-order valence-corrected chi connectivity index (χ0v) is 9.52. The average molecular weight is 209 g/mol. The normalized spacial score (nSPS) is 31.1. The molecule has 0 radical (unpaired) electrons. The van der Waals surface area contributed by atoms with Crippen LogP contribution in [0, 0.1) is 11.8 Å². The molecule has 1 fully saturated rings. The Morgan fingerprint density at radius 1 is 1.33 bits per heavy atom. The number of carbonyl (C=O) groups excluding carboxylic acids is 1. The van der Waals surface area contributed by atoms with Crippen molar-refractivity contribution in [1.82, 2.24) is 9.91 Å². The second kappa shape index (κ2) is 4.21. The van der Waals surface area contributed by atoms with Crippen molar-refractivity contribution in [2.45, 2.75) is 26.7 Å². The third-order valence-corrected chi connectivity index (χ3v) is 3.52. The summed E-state index contributed by atoms with van der Waals surface area (Å²) in [6.45, 7) is 7.00. The summed E-state index contributed by atoms with van der Waals surface area (Å²) in [4.78, 5) is 13.9. The summed E-state index contributed by atoms with van der Waals surface area (Å²) in [5, 5.41) is 5.66. The highest BCUT2D eigenvalue weighted by Gasteiger charge is 2.29. The van der Waals surface area contributed by atoms with E-state index < -0.39 is 0 Å². The molecule has 0 saturated carbocycles. The molecule has 2 atom stereocenters. The van der Waals surface area contributed by atoms with E-state index in [1.54, 1.807) is 5.01 Å². The minimum Gasteiger partial charge on any atom is -0.323 e. The lowest BCUT2D eigenvalue weighted by molar-refractivity contribution is 0.117. The molecular formula is C11H19N3O. The Morgan fingerprint density at radius 2 is 2.13 bits per heavy atom. The van der Waals surface area contributed by atoms with Crippen LogP contribution >= 0.6 is 0 Å². The van der Waals surface area contributed by atoms with E-state index >= 15 is 0 Å². The minimum atomic E-state index is 0.0856. The molecule has 1 saturated heterocycles. The number of piperidine rings is 1. The summed E-state index contributed by atoms with van der Waals surface area (Å²) in [7, 11) is 0. The molecule has 0 aliphatic carbocycles. The lowest BCUT2D eigenvalue weighted by Gasteiger charge is -2.36. The number of hydrazone groups is 1. The Kier molecular flexibility index (Phi) is 2.93. The van der Waals surface area contributed by atoms with E-state index in [-0.39, 0.29) is 6.03 Å². The van der Waals surface area contributed by atoms with Gasteiger partial charge in [0.2, 0.25) is 0 Å². The van der Waals surface area contributed by atoms with E-state index in [0.29, 0.717) is 5.92 Å². The van der Waals surface area contributed by atoms with Gasteiger partial charge in [0.15, 0.2) is 0 Å². The van der Waals surface area contributed by atoms with Crippen LogP contribution in [0.2, 0.25) is 0 Å². The number of hydrogen-bond donors (Lipinski definition) is 0. The molecule has 2 aliphatic heterocycles. The first-order chi connectivity index (χ1) is 7.18. The fourth-order valence-corrected chi connectivity index (χ4v) is 2.14. The molecule has 84 valence electrons. The van der Waals surface area contributed by atoms with E-state index in [2.05, 4.69) is 18.9 Å². The smallest absolute Gasteiger partial charge is 0.323 e. The molecule has 0 aromatic carbocycles. The van der Waals surface area contributed by atoms with Crippen LogP contribution in [-0.4, -0.2) is 41.8 Å². The highest BCUT2D eigenvalue weighted by atomic mass is 16.2. The predicted octanol–water partition coefficient (Wildman–Crippen LogP) is 1.78. The molecular weight excluding hydrogens is 190 g/mol. The van der Waals surface area contributed by atoms with Crippen molar-refractivity contribution >= 4 is 12.2 Å². The fraction of sp³-hybridized carbons (Fsp3) is 0.818. The van der Waals surface area contributed by atoms with E-state index in [9.17, 15) is 4.79 Å². The monoisotopic (exact) mass is 209 g/mol. The van der Waals surface area contributed by atoms with Gasteiger partial charge < -0.3 is 4.90 Å². The third-order valence-electron chi connectivity index (χ3n) is 3.52. The average Bonchev–Trinajstić information content (AvgIpc) is 2.74. The maximum absolute atomic E-state index is 12.0. The van der Waals surface area contributed by atoms with Crippen LogP contribution in [-0.2, 0) is 0 Å². The van der Waals surface area contributed by atoms with Crippen molar-refractivity contribution < 1.29 is 4.79 Å². The van der Waals surface area contributed by atoms with Crippen molar-refractivity contribution in [2.75, 3.05) is 19.6 Å². The molecule has 4 nitrogen and oxygen atoms in total. The second-order valence-electron chi connectivity index (χ2n) is 4.68. The molecule has 2 aliphatic rings. The van der Waals surface area contributed by atoms with Crippen molar-refractivity contribution in [1.29, 1.82) is 0 Å².